The molecule has 2 N–H and O–H groups in total. The monoisotopic (exact) mass is 484 g/mol. The second-order valence-corrected chi connectivity index (χ2v) is 9.45. The molecule has 4 aromatic rings. The van der Waals surface area contributed by atoms with Gasteiger partial charge in [0.1, 0.15) is 11.3 Å². The van der Waals surface area contributed by atoms with Gasteiger partial charge in [0.15, 0.2) is 5.58 Å². The lowest BCUT2D eigenvalue weighted by atomic mass is 9.89. The molecule has 1 aliphatic heterocycles. The molecule has 36 heavy (non-hydrogen) atoms. The molecule has 3 aromatic carbocycles. The quantitative estimate of drug-likeness (QED) is 0.254. The summed E-state index contributed by atoms with van der Waals surface area (Å²) in [6.45, 7) is 3.86. The van der Waals surface area contributed by atoms with Crippen molar-refractivity contribution in [1.82, 2.24) is 15.2 Å². The number of rotatable bonds is 11. The van der Waals surface area contributed by atoms with Crippen molar-refractivity contribution in [2.45, 2.75) is 44.3 Å². The summed E-state index contributed by atoms with van der Waals surface area (Å²) >= 11 is 0. The lowest BCUT2D eigenvalue weighted by molar-refractivity contribution is 0.109. The van der Waals surface area contributed by atoms with Crippen molar-refractivity contribution >= 4 is 17.1 Å². The number of nitrogens with one attached hydrogen (secondary N) is 2. The van der Waals surface area contributed by atoms with Gasteiger partial charge in [-0.2, -0.15) is 4.98 Å². The van der Waals surface area contributed by atoms with Crippen LogP contribution >= 0.6 is 0 Å². The first-order chi connectivity index (χ1) is 17.8. The van der Waals surface area contributed by atoms with Crippen molar-refractivity contribution in [2.75, 3.05) is 32.1 Å². The molecule has 0 saturated carbocycles. The molecule has 188 valence electrons. The van der Waals surface area contributed by atoms with Crippen LogP contribution in [0.5, 0.6) is 5.75 Å². The number of anilines is 1. The van der Waals surface area contributed by atoms with Crippen molar-refractivity contribution < 1.29 is 9.15 Å². The van der Waals surface area contributed by atoms with Gasteiger partial charge in [-0.1, -0.05) is 60.7 Å². The van der Waals surface area contributed by atoms with Crippen LogP contribution < -0.4 is 15.4 Å². The van der Waals surface area contributed by atoms with E-state index >= 15 is 0 Å². The number of benzene rings is 3. The van der Waals surface area contributed by atoms with Crippen molar-refractivity contribution in [3.05, 3.63) is 90.0 Å². The number of para-hydroxylation sites is 3. The maximum absolute atomic E-state index is 5.78. The van der Waals surface area contributed by atoms with Gasteiger partial charge < -0.3 is 19.8 Å². The van der Waals surface area contributed by atoms with Crippen LogP contribution in [0.2, 0.25) is 0 Å². The predicted octanol–water partition coefficient (Wildman–Crippen LogP) is 6.02. The smallest absolute Gasteiger partial charge is 0.295 e. The summed E-state index contributed by atoms with van der Waals surface area (Å²) < 4.78 is 11.4. The van der Waals surface area contributed by atoms with E-state index in [2.05, 4.69) is 63.0 Å². The van der Waals surface area contributed by atoms with E-state index < -0.39 is 0 Å². The summed E-state index contributed by atoms with van der Waals surface area (Å²) in [4.78, 5) is 7.18. The van der Waals surface area contributed by atoms with Crippen molar-refractivity contribution in [3.63, 3.8) is 0 Å². The van der Waals surface area contributed by atoms with E-state index in [0.717, 1.165) is 55.9 Å². The van der Waals surface area contributed by atoms with Crippen LogP contribution in [0.25, 0.3) is 11.1 Å². The molecule has 0 radical (unpaired) electrons. The fraction of sp³-hybridized carbons (Fsp3) is 0.367. The Morgan fingerprint density at radius 2 is 1.78 bits per heavy atom. The lowest BCUT2D eigenvalue weighted by Crippen LogP contribution is -2.48. The standard InChI is InChI=1S/C30H36N4O2/c1-35-27-17-7-5-14-24(27)22-32-26-16-11-21-34(29(26)23-12-3-2-4-13-23)20-10-9-19-31-30-33-25-15-6-8-18-28(25)36-30/h2-8,12-15,17-18,26,29,32H,9-11,16,19-22H2,1H3,(H,31,33)/t26-,29-/m1/s1. The molecule has 6 nitrogen and oxygen atoms in total. The fourth-order valence-corrected chi connectivity index (χ4v) is 5.30. The number of fused-ring (bicyclic) bond motifs is 1. The zero-order chi connectivity index (χ0) is 24.6. The Hall–Kier alpha value is -3.35. The molecule has 0 bridgehead atoms. The van der Waals surface area contributed by atoms with Crippen LogP contribution in [0.15, 0.2) is 83.3 Å². The van der Waals surface area contributed by atoms with E-state index in [1.807, 2.05) is 36.4 Å². The van der Waals surface area contributed by atoms with Gasteiger partial charge in [0, 0.05) is 24.7 Å². The van der Waals surface area contributed by atoms with Gasteiger partial charge in [0.2, 0.25) is 0 Å². The van der Waals surface area contributed by atoms with Gasteiger partial charge in [-0.15, -0.1) is 0 Å². The molecule has 0 unspecified atom stereocenters. The van der Waals surface area contributed by atoms with Crippen LogP contribution in [0.3, 0.4) is 0 Å². The number of hydrogen-bond donors (Lipinski definition) is 2. The molecule has 5 rings (SSSR count). The highest BCUT2D eigenvalue weighted by atomic mass is 16.5. The SMILES string of the molecule is COc1ccccc1CN[C@@H]1CCCN(CCCCNc2nc3ccccc3o2)[C@@H]1c1ccccc1. The summed E-state index contributed by atoms with van der Waals surface area (Å²) in [6, 6.07) is 28.5. The zero-order valence-corrected chi connectivity index (χ0v) is 21.0. The molecule has 2 atom stereocenters. The number of oxazole rings is 1. The van der Waals surface area contributed by atoms with Crippen molar-refractivity contribution in [2.24, 2.45) is 0 Å². The third-order valence-corrected chi connectivity index (χ3v) is 7.07. The Balaban J connectivity index is 1.18. The van der Waals surface area contributed by atoms with Gasteiger partial charge in [-0.3, -0.25) is 4.90 Å². The average Bonchev–Trinajstić information content (AvgIpc) is 3.35. The molecule has 0 spiro atoms. The first kappa shape index (κ1) is 24.3. The molecule has 1 aliphatic rings. The fourth-order valence-electron chi connectivity index (χ4n) is 5.30. The second-order valence-electron chi connectivity index (χ2n) is 9.45. The number of hydrogen-bond acceptors (Lipinski definition) is 6. The molecule has 0 aliphatic carbocycles. The van der Waals surface area contributed by atoms with E-state index in [1.165, 1.54) is 24.0 Å². The van der Waals surface area contributed by atoms with Gasteiger partial charge in [0.25, 0.3) is 6.01 Å². The molecular formula is C30H36N4O2. The Morgan fingerprint density at radius 3 is 2.64 bits per heavy atom. The highest BCUT2D eigenvalue weighted by Crippen LogP contribution is 2.32. The normalized spacial score (nSPS) is 18.4. The van der Waals surface area contributed by atoms with Crippen LogP contribution in [0.1, 0.15) is 42.9 Å². The van der Waals surface area contributed by atoms with Crippen LogP contribution in [0, 0.1) is 0 Å². The number of nitrogens with zero attached hydrogens (tertiary/aromatic N) is 2. The van der Waals surface area contributed by atoms with Gasteiger partial charge in [0.05, 0.1) is 13.2 Å². The Morgan fingerprint density at radius 1 is 0.972 bits per heavy atom. The number of aromatic nitrogens is 1. The van der Waals surface area contributed by atoms with Gasteiger partial charge >= 0.3 is 0 Å². The van der Waals surface area contributed by atoms with E-state index in [1.54, 1.807) is 7.11 Å². The third kappa shape index (κ3) is 5.89. The summed E-state index contributed by atoms with van der Waals surface area (Å²) in [7, 11) is 1.74. The molecule has 6 heteroatoms. The predicted molar refractivity (Wildman–Crippen MR) is 145 cm³/mol. The minimum absolute atomic E-state index is 0.361. The number of piperidine rings is 1. The largest absolute Gasteiger partial charge is 0.496 e. The number of likely N-dealkylation sites (tertiary alicyclic amines) is 1. The van der Waals surface area contributed by atoms with Crippen molar-refractivity contribution in [3.8, 4) is 5.75 Å². The molecular weight excluding hydrogens is 448 g/mol. The molecule has 1 fully saturated rings. The van der Waals surface area contributed by atoms with E-state index in [0.29, 0.717) is 18.1 Å². The van der Waals surface area contributed by atoms with E-state index in [4.69, 9.17) is 9.15 Å². The maximum atomic E-state index is 5.78. The highest BCUT2D eigenvalue weighted by Gasteiger charge is 2.32. The first-order valence-corrected chi connectivity index (χ1v) is 13.1. The minimum Gasteiger partial charge on any atom is -0.496 e. The van der Waals surface area contributed by atoms with Crippen molar-refractivity contribution in [1.29, 1.82) is 0 Å². The summed E-state index contributed by atoms with van der Waals surface area (Å²) in [5.74, 6) is 0.945. The topological polar surface area (TPSA) is 62.6 Å². The van der Waals surface area contributed by atoms with Crippen LogP contribution in [-0.2, 0) is 6.54 Å². The van der Waals surface area contributed by atoms with Crippen LogP contribution in [-0.4, -0.2) is 42.7 Å². The minimum atomic E-state index is 0.361. The Kier molecular flexibility index (Phi) is 8.16. The summed E-state index contributed by atoms with van der Waals surface area (Å²) in [6.07, 6.45) is 4.56. The number of ether oxygens (including phenoxy) is 1. The van der Waals surface area contributed by atoms with Gasteiger partial charge in [-0.25, -0.2) is 0 Å². The average molecular weight is 485 g/mol. The molecule has 1 saturated heterocycles. The number of unbranched alkanes of at least 4 members (excludes halogenated alkanes) is 1. The maximum Gasteiger partial charge on any atom is 0.295 e. The molecule has 0 amide bonds. The van der Waals surface area contributed by atoms with E-state index in [-0.39, 0.29) is 0 Å². The third-order valence-electron chi connectivity index (χ3n) is 7.07. The van der Waals surface area contributed by atoms with Gasteiger partial charge in [-0.05, 0) is 62.5 Å². The summed E-state index contributed by atoms with van der Waals surface area (Å²) in [5, 5.41) is 7.22. The Bertz CT molecular complexity index is 1190. The molecule has 2 heterocycles. The number of methoxy groups -OCH3 is 1. The second kappa shape index (κ2) is 12.1. The van der Waals surface area contributed by atoms with E-state index in [9.17, 15) is 0 Å². The lowest BCUT2D eigenvalue weighted by Gasteiger charge is -2.42. The zero-order valence-electron chi connectivity index (χ0n) is 21.0. The first-order valence-electron chi connectivity index (χ1n) is 13.1. The Labute approximate surface area is 213 Å². The molecule has 1 aromatic heterocycles. The highest BCUT2D eigenvalue weighted by molar-refractivity contribution is 5.74. The summed E-state index contributed by atoms with van der Waals surface area (Å²) in [5.41, 5.74) is 4.31. The van der Waals surface area contributed by atoms with Crippen LogP contribution in [0.4, 0.5) is 6.01 Å².